The Labute approximate surface area is 161 Å². The molecule has 0 radical (unpaired) electrons. The van der Waals surface area contributed by atoms with Gasteiger partial charge in [0.25, 0.3) is 0 Å². The SMILES string of the molecule is COc1ccccc1/C=C/CN1CCNC(=O)C1CC(=O)N1CCCCC1. The number of rotatable bonds is 6. The second kappa shape index (κ2) is 9.55. The van der Waals surface area contributed by atoms with Gasteiger partial charge in [0.1, 0.15) is 5.75 Å². The lowest BCUT2D eigenvalue weighted by atomic mass is 10.1. The Kier molecular flexibility index (Phi) is 6.87. The number of carbonyl (C=O) groups is 2. The second-order valence-corrected chi connectivity index (χ2v) is 7.09. The Balaban J connectivity index is 1.62. The van der Waals surface area contributed by atoms with E-state index in [4.69, 9.17) is 4.74 Å². The molecule has 6 nitrogen and oxygen atoms in total. The van der Waals surface area contributed by atoms with Crippen LogP contribution in [0.25, 0.3) is 6.08 Å². The van der Waals surface area contributed by atoms with E-state index >= 15 is 0 Å². The highest BCUT2D eigenvalue weighted by Crippen LogP contribution is 2.19. The fraction of sp³-hybridized carbons (Fsp3) is 0.524. The quantitative estimate of drug-likeness (QED) is 0.830. The smallest absolute Gasteiger partial charge is 0.237 e. The van der Waals surface area contributed by atoms with Crippen molar-refractivity contribution in [3.63, 3.8) is 0 Å². The highest BCUT2D eigenvalue weighted by atomic mass is 16.5. The minimum absolute atomic E-state index is 0.0442. The zero-order valence-electron chi connectivity index (χ0n) is 16.0. The third kappa shape index (κ3) is 5.10. The van der Waals surface area contributed by atoms with Crippen molar-refractivity contribution in [1.82, 2.24) is 15.1 Å². The van der Waals surface area contributed by atoms with Crippen molar-refractivity contribution in [2.24, 2.45) is 0 Å². The molecule has 0 saturated carbocycles. The molecule has 146 valence electrons. The molecule has 2 amide bonds. The maximum absolute atomic E-state index is 12.6. The lowest BCUT2D eigenvalue weighted by Gasteiger charge is -2.35. The van der Waals surface area contributed by atoms with E-state index < -0.39 is 6.04 Å². The number of ether oxygens (including phenoxy) is 1. The highest BCUT2D eigenvalue weighted by molar-refractivity contribution is 5.89. The molecular formula is C21H29N3O3. The molecule has 0 spiro atoms. The molecule has 2 heterocycles. The summed E-state index contributed by atoms with van der Waals surface area (Å²) in [5.74, 6) is 0.870. The van der Waals surface area contributed by atoms with Crippen LogP contribution >= 0.6 is 0 Å². The van der Waals surface area contributed by atoms with Crippen molar-refractivity contribution >= 4 is 17.9 Å². The standard InChI is InChI=1S/C21H29N3O3/c1-27-19-10-4-3-8-17(19)9-7-14-23-15-11-22-21(26)18(23)16-20(25)24-12-5-2-6-13-24/h3-4,7-10,18H,2,5-6,11-16H2,1H3,(H,22,26)/b9-7+. The summed E-state index contributed by atoms with van der Waals surface area (Å²) in [6, 6.07) is 7.43. The van der Waals surface area contributed by atoms with Crippen LogP contribution in [0.2, 0.25) is 0 Å². The third-order valence-corrected chi connectivity index (χ3v) is 5.29. The summed E-state index contributed by atoms with van der Waals surface area (Å²) in [6.45, 7) is 3.64. The molecule has 2 fully saturated rings. The van der Waals surface area contributed by atoms with Gasteiger partial charge in [0.2, 0.25) is 11.8 Å². The van der Waals surface area contributed by atoms with Crippen LogP contribution in [0.5, 0.6) is 5.75 Å². The van der Waals surface area contributed by atoms with Gasteiger partial charge >= 0.3 is 0 Å². The monoisotopic (exact) mass is 371 g/mol. The molecule has 1 unspecified atom stereocenters. The van der Waals surface area contributed by atoms with Crippen molar-refractivity contribution in [2.75, 3.05) is 39.8 Å². The van der Waals surface area contributed by atoms with Crippen molar-refractivity contribution in [3.05, 3.63) is 35.9 Å². The average Bonchev–Trinajstić information content (AvgIpc) is 2.71. The molecule has 0 aromatic heterocycles. The molecule has 0 bridgehead atoms. The van der Waals surface area contributed by atoms with Gasteiger partial charge in [-0.25, -0.2) is 0 Å². The van der Waals surface area contributed by atoms with Crippen LogP contribution in [-0.2, 0) is 9.59 Å². The van der Waals surface area contributed by atoms with Gasteiger partial charge in [-0.15, -0.1) is 0 Å². The summed E-state index contributed by atoms with van der Waals surface area (Å²) >= 11 is 0. The van der Waals surface area contributed by atoms with Gasteiger partial charge < -0.3 is 15.0 Å². The van der Waals surface area contributed by atoms with Crippen molar-refractivity contribution in [3.8, 4) is 5.75 Å². The second-order valence-electron chi connectivity index (χ2n) is 7.09. The van der Waals surface area contributed by atoms with Crippen molar-refractivity contribution < 1.29 is 14.3 Å². The lowest BCUT2D eigenvalue weighted by molar-refractivity contribution is -0.139. The average molecular weight is 371 g/mol. The summed E-state index contributed by atoms with van der Waals surface area (Å²) in [4.78, 5) is 29.0. The number of methoxy groups -OCH3 is 1. The number of hydrogen-bond donors (Lipinski definition) is 1. The first kappa shape index (κ1) is 19.4. The molecule has 1 N–H and O–H groups in total. The Bertz CT molecular complexity index is 683. The van der Waals surface area contributed by atoms with Crippen LogP contribution in [0, 0.1) is 0 Å². The lowest BCUT2D eigenvalue weighted by Crippen LogP contribution is -2.56. The van der Waals surface area contributed by atoms with Gasteiger partial charge in [0, 0.05) is 38.3 Å². The largest absolute Gasteiger partial charge is 0.496 e. The van der Waals surface area contributed by atoms with E-state index in [1.807, 2.05) is 41.3 Å². The summed E-state index contributed by atoms with van der Waals surface area (Å²) in [5.41, 5.74) is 1.00. The fourth-order valence-electron chi connectivity index (χ4n) is 3.76. The van der Waals surface area contributed by atoms with E-state index in [9.17, 15) is 9.59 Å². The number of nitrogens with one attached hydrogen (secondary N) is 1. The van der Waals surface area contributed by atoms with Crippen LogP contribution < -0.4 is 10.1 Å². The normalized spacial score (nSPS) is 21.3. The van der Waals surface area contributed by atoms with Gasteiger partial charge in [-0.3, -0.25) is 14.5 Å². The fourth-order valence-corrected chi connectivity index (χ4v) is 3.76. The van der Waals surface area contributed by atoms with Gasteiger partial charge in [0.15, 0.2) is 0 Å². The van der Waals surface area contributed by atoms with Crippen molar-refractivity contribution in [1.29, 1.82) is 0 Å². The van der Waals surface area contributed by atoms with Gasteiger partial charge in [-0.1, -0.05) is 30.4 Å². The molecular weight excluding hydrogens is 342 g/mol. The van der Waals surface area contributed by atoms with E-state index in [1.165, 1.54) is 6.42 Å². The number of likely N-dealkylation sites (tertiary alicyclic amines) is 1. The molecule has 2 saturated heterocycles. The molecule has 1 aromatic carbocycles. The first-order valence-corrected chi connectivity index (χ1v) is 9.78. The van der Waals surface area contributed by atoms with Crippen LogP contribution in [0.4, 0.5) is 0 Å². The zero-order valence-corrected chi connectivity index (χ0v) is 16.0. The number of carbonyl (C=O) groups excluding carboxylic acids is 2. The van der Waals surface area contributed by atoms with E-state index in [0.717, 1.165) is 43.8 Å². The summed E-state index contributed by atoms with van der Waals surface area (Å²) < 4.78 is 5.37. The Morgan fingerprint density at radius 2 is 2.00 bits per heavy atom. The molecule has 2 aliphatic rings. The molecule has 1 atom stereocenters. The van der Waals surface area contributed by atoms with E-state index in [1.54, 1.807) is 7.11 Å². The summed E-state index contributed by atoms with van der Waals surface area (Å²) in [7, 11) is 1.66. The van der Waals surface area contributed by atoms with Gasteiger partial charge in [0.05, 0.1) is 19.6 Å². The minimum atomic E-state index is -0.393. The Morgan fingerprint density at radius 1 is 1.22 bits per heavy atom. The third-order valence-electron chi connectivity index (χ3n) is 5.29. The van der Waals surface area contributed by atoms with Crippen LogP contribution in [-0.4, -0.2) is 67.5 Å². The predicted octanol–water partition coefficient (Wildman–Crippen LogP) is 1.91. The maximum Gasteiger partial charge on any atom is 0.237 e. The summed E-state index contributed by atoms with van der Waals surface area (Å²) in [5, 5.41) is 2.90. The number of benzene rings is 1. The minimum Gasteiger partial charge on any atom is -0.496 e. The zero-order chi connectivity index (χ0) is 19.1. The number of piperazine rings is 1. The van der Waals surface area contributed by atoms with Gasteiger partial charge in [-0.05, 0) is 25.3 Å². The van der Waals surface area contributed by atoms with E-state index in [2.05, 4.69) is 10.2 Å². The van der Waals surface area contributed by atoms with Gasteiger partial charge in [-0.2, -0.15) is 0 Å². The van der Waals surface area contributed by atoms with Crippen molar-refractivity contribution in [2.45, 2.75) is 31.7 Å². The number of hydrogen-bond acceptors (Lipinski definition) is 4. The molecule has 6 heteroatoms. The molecule has 2 aliphatic heterocycles. The topological polar surface area (TPSA) is 61.9 Å². The number of piperidine rings is 1. The van der Waals surface area contributed by atoms with E-state index in [-0.39, 0.29) is 18.2 Å². The van der Waals surface area contributed by atoms with E-state index in [0.29, 0.717) is 13.1 Å². The first-order valence-electron chi connectivity index (χ1n) is 9.78. The molecule has 27 heavy (non-hydrogen) atoms. The first-order chi connectivity index (χ1) is 13.2. The highest BCUT2D eigenvalue weighted by Gasteiger charge is 2.32. The predicted molar refractivity (Wildman–Crippen MR) is 105 cm³/mol. The van der Waals surface area contributed by atoms with Crippen LogP contribution in [0.3, 0.4) is 0 Å². The molecule has 1 aromatic rings. The van der Waals surface area contributed by atoms with Crippen LogP contribution in [0.15, 0.2) is 30.3 Å². The maximum atomic E-state index is 12.6. The molecule has 0 aliphatic carbocycles. The Morgan fingerprint density at radius 3 is 2.78 bits per heavy atom. The number of para-hydroxylation sites is 1. The van der Waals surface area contributed by atoms with Crippen LogP contribution in [0.1, 0.15) is 31.2 Å². The number of amides is 2. The summed E-state index contributed by atoms with van der Waals surface area (Å²) in [6.07, 6.45) is 7.62. The number of nitrogens with zero attached hydrogens (tertiary/aromatic N) is 2. The Hall–Kier alpha value is -2.34. The molecule has 3 rings (SSSR count).